The van der Waals surface area contributed by atoms with E-state index in [-0.39, 0.29) is 24.4 Å². The minimum absolute atomic E-state index is 0.0192. The van der Waals surface area contributed by atoms with Crippen molar-refractivity contribution in [1.29, 1.82) is 0 Å². The number of hydrogen-bond donors (Lipinski definition) is 0. The Balaban J connectivity index is 1.81. The Bertz CT molecular complexity index is 669. The standard InChI is InChI=1S/C17H20N4O2/c1-14(22)19-10-11-21(17(23)13-20-9-5-8-18-20)16(12-19)15-6-3-2-4-7-15/h2-9,16H,10-13H2,1H3/t16-/m0/s1. The zero-order valence-corrected chi connectivity index (χ0v) is 13.1. The predicted molar refractivity (Wildman–Crippen MR) is 85.4 cm³/mol. The molecule has 6 heteroatoms. The average molecular weight is 312 g/mol. The molecule has 1 aromatic carbocycles. The molecular formula is C17H20N4O2. The van der Waals surface area contributed by atoms with Crippen LogP contribution >= 0.6 is 0 Å². The van der Waals surface area contributed by atoms with E-state index < -0.39 is 0 Å². The molecule has 0 aliphatic carbocycles. The van der Waals surface area contributed by atoms with Crippen molar-refractivity contribution < 1.29 is 9.59 Å². The lowest BCUT2D eigenvalue weighted by atomic mass is 10.0. The number of benzene rings is 1. The molecule has 1 saturated heterocycles. The number of amides is 2. The third-order valence-corrected chi connectivity index (χ3v) is 4.19. The van der Waals surface area contributed by atoms with E-state index >= 15 is 0 Å². The van der Waals surface area contributed by atoms with Gasteiger partial charge in [0.1, 0.15) is 6.54 Å². The van der Waals surface area contributed by atoms with Gasteiger partial charge in [-0.1, -0.05) is 30.3 Å². The molecule has 1 aliphatic rings. The summed E-state index contributed by atoms with van der Waals surface area (Å²) in [4.78, 5) is 28.1. The van der Waals surface area contributed by atoms with Crippen molar-refractivity contribution in [3.63, 3.8) is 0 Å². The SMILES string of the molecule is CC(=O)N1CCN(C(=O)Cn2cccn2)[C@H](c2ccccc2)C1. The summed E-state index contributed by atoms with van der Waals surface area (Å²) in [5.41, 5.74) is 1.05. The molecule has 3 rings (SSSR count). The summed E-state index contributed by atoms with van der Waals surface area (Å²) in [7, 11) is 0. The number of rotatable bonds is 3. The normalized spacial score (nSPS) is 18.0. The Labute approximate surface area is 135 Å². The Morgan fingerprint density at radius 2 is 1.96 bits per heavy atom. The van der Waals surface area contributed by atoms with Crippen molar-refractivity contribution in [2.45, 2.75) is 19.5 Å². The van der Waals surface area contributed by atoms with E-state index in [4.69, 9.17) is 0 Å². The Morgan fingerprint density at radius 1 is 1.17 bits per heavy atom. The number of nitrogens with zero attached hydrogens (tertiary/aromatic N) is 4. The van der Waals surface area contributed by atoms with Gasteiger partial charge in [0.25, 0.3) is 0 Å². The van der Waals surface area contributed by atoms with Gasteiger partial charge in [0, 0.05) is 39.0 Å². The Kier molecular flexibility index (Phi) is 4.41. The van der Waals surface area contributed by atoms with Crippen LogP contribution in [0.4, 0.5) is 0 Å². The molecule has 23 heavy (non-hydrogen) atoms. The zero-order valence-electron chi connectivity index (χ0n) is 13.1. The van der Waals surface area contributed by atoms with Gasteiger partial charge in [-0.2, -0.15) is 5.10 Å². The Morgan fingerprint density at radius 3 is 2.61 bits per heavy atom. The Hall–Kier alpha value is -2.63. The second-order valence-electron chi connectivity index (χ2n) is 5.68. The molecule has 0 saturated carbocycles. The largest absolute Gasteiger partial charge is 0.339 e. The summed E-state index contributed by atoms with van der Waals surface area (Å²) in [5, 5.41) is 4.10. The first-order valence-corrected chi connectivity index (χ1v) is 7.72. The maximum Gasteiger partial charge on any atom is 0.244 e. The van der Waals surface area contributed by atoms with Crippen LogP contribution in [0.15, 0.2) is 48.8 Å². The summed E-state index contributed by atoms with van der Waals surface area (Å²) in [5.74, 6) is 0.0656. The number of carbonyl (C=O) groups excluding carboxylic acids is 2. The van der Waals surface area contributed by atoms with Crippen LogP contribution in [0, 0.1) is 0 Å². The van der Waals surface area contributed by atoms with Crippen molar-refractivity contribution in [1.82, 2.24) is 19.6 Å². The maximum absolute atomic E-state index is 12.7. The molecule has 1 aliphatic heterocycles. The van der Waals surface area contributed by atoms with Gasteiger partial charge in [0.2, 0.25) is 11.8 Å². The molecule has 0 bridgehead atoms. The molecule has 0 N–H and O–H groups in total. The predicted octanol–water partition coefficient (Wildman–Crippen LogP) is 1.32. The molecule has 0 radical (unpaired) electrons. The molecule has 0 unspecified atom stereocenters. The second-order valence-corrected chi connectivity index (χ2v) is 5.68. The number of hydrogen-bond acceptors (Lipinski definition) is 3. The molecule has 2 heterocycles. The third-order valence-electron chi connectivity index (χ3n) is 4.19. The highest BCUT2D eigenvalue weighted by Crippen LogP contribution is 2.25. The van der Waals surface area contributed by atoms with Crippen LogP contribution in [0.3, 0.4) is 0 Å². The lowest BCUT2D eigenvalue weighted by Gasteiger charge is -2.41. The van der Waals surface area contributed by atoms with Gasteiger partial charge in [-0.05, 0) is 11.6 Å². The molecule has 0 spiro atoms. The van der Waals surface area contributed by atoms with Gasteiger partial charge >= 0.3 is 0 Å². The van der Waals surface area contributed by atoms with Crippen molar-refractivity contribution in [2.24, 2.45) is 0 Å². The first kappa shape index (κ1) is 15.3. The highest BCUT2D eigenvalue weighted by Gasteiger charge is 2.32. The first-order chi connectivity index (χ1) is 11.1. The highest BCUT2D eigenvalue weighted by atomic mass is 16.2. The molecule has 1 aromatic heterocycles. The van der Waals surface area contributed by atoms with Crippen molar-refractivity contribution in [3.05, 3.63) is 54.4 Å². The number of carbonyl (C=O) groups is 2. The van der Waals surface area contributed by atoms with E-state index in [1.165, 1.54) is 0 Å². The van der Waals surface area contributed by atoms with Gasteiger partial charge in [-0.3, -0.25) is 14.3 Å². The smallest absolute Gasteiger partial charge is 0.244 e. The molecular weight excluding hydrogens is 292 g/mol. The number of piperazine rings is 1. The highest BCUT2D eigenvalue weighted by molar-refractivity contribution is 5.78. The van der Waals surface area contributed by atoms with Crippen LogP contribution in [0.2, 0.25) is 0 Å². The van der Waals surface area contributed by atoms with E-state index in [2.05, 4.69) is 5.10 Å². The van der Waals surface area contributed by atoms with Gasteiger partial charge in [0.05, 0.1) is 6.04 Å². The molecule has 1 atom stereocenters. The molecule has 2 aromatic rings. The van der Waals surface area contributed by atoms with Crippen LogP contribution in [0.25, 0.3) is 0 Å². The third kappa shape index (κ3) is 3.41. The van der Waals surface area contributed by atoms with Crippen molar-refractivity contribution >= 4 is 11.8 Å². The number of aromatic nitrogens is 2. The van der Waals surface area contributed by atoms with Crippen molar-refractivity contribution in [2.75, 3.05) is 19.6 Å². The lowest BCUT2D eigenvalue weighted by molar-refractivity contribution is -0.142. The van der Waals surface area contributed by atoms with E-state index in [9.17, 15) is 9.59 Å². The summed E-state index contributed by atoms with van der Waals surface area (Å²) in [6.45, 7) is 3.44. The van der Waals surface area contributed by atoms with Crippen LogP contribution in [0.1, 0.15) is 18.5 Å². The van der Waals surface area contributed by atoms with Gasteiger partial charge in [-0.25, -0.2) is 0 Å². The summed E-state index contributed by atoms with van der Waals surface area (Å²) in [6.07, 6.45) is 3.44. The monoisotopic (exact) mass is 312 g/mol. The van der Waals surface area contributed by atoms with E-state index in [0.717, 1.165) is 5.56 Å². The summed E-state index contributed by atoms with van der Waals surface area (Å²) in [6, 6.07) is 11.6. The van der Waals surface area contributed by atoms with Crippen LogP contribution in [0.5, 0.6) is 0 Å². The van der Waals surface area contributed by atoms with E-state index in [1.807, 2.05) is 35.2 Å². The van der Waals surface area contributed by atoms with Gasteiger partial charge in [-0.15, -0.1) is 0 Å². The summed E-state index contributed by atoms with van der Waals surface area (Å²) >= 11 is 0. The minimum atomic E-state index is -0.114. The minimum Gasteiger partial charge on any atom is -0.339 e. The quantitative estimate of drug-likeness (QED) is 0.859. The van der Waals surface area contributed by atoms with Crippen LogP contribution < -0.4 is 0 Å². The summed E-state index contributed by atoms with van der Waals surface area (Å²) < 4.78 is 1.63. The second kappa shape index (κ2) is 6.64. The fraction of sp³-hybridized carbons (Fsp3) is 0.353. The van der Waals surface area contributed by atoms with Gasteiger partial charge in [0.15, 0.2) is 0 Å². The molecule has 6 nitrogen and oxygen atoms in total. The zero-order chi connectivity index (χ0) is 16.2. The van der Waals surface area contributed by atoms with Crippen molar-refractivity contribution in [3.8, 4) is 0 Å². The molecule has 120 valence electrons. The first-order valence-electron chi connectivity index (χ1n) is 7.72. The fourth-order valence-corrected chi connectivity index (χ4v) is 2.95. The van der Waals surface area contributed by atoms with Crippen LogP contribution in [-0.2, 0) is 16.1 Å². The average Bonchev–Trinajstić information content (AvgIpc) is 3.08. The lowest BCUT2D eigenvalue weighted by Crippen LogP contribution is -2.52. The van der Waals surface area contributed by atoms with E-state index in [0.29, 0.717) is 19.6 Å². The molecule has 1 fully saturated rings. The fourth-order valence-electron chi connectivity index (χ4n) is 2.95. The van der Waals surface area contributed by atoms with E-state index in [1.54, 1.807) is 35.0 Å². The van der Waals surface area contributed by atoms with Crippen LogP contribution in [-0.4, -0.2) is 51.0 Å². The molecule has 2 amide bonds. The topological polar surface area (TPSA) is 58.4 Å². The maximum atomic E-state index is 12.7. The van der Waals surface area contributed by atoms with Gasteiger partial charge < -0.3 is 9.80 Å².